The Morgan fingerprint density at radius 1 is 0.667 bits per heavy atom. The average Bonchev–Trinajstić information content (AvgIpc) is 1.12. The van der Waals surface area contributed by atoms with Crippen LogP contribution in [0.4, 0.5) is 0 Å². The van der Waals surface area contributed by atoms with Crippen LogP contribution in [0, 0.1) is 74.6 Å². The van der Waals surface area contributed by atoms with Crippen molar-refractivity contribution < 1.29 is 113 Å². The molecule has 0 aliphatic heterocycles. The minimum absolute atomic E-state index is 0. The molecule has 0 heterocycles. The predicted octanol–water partition coefficient (Wildman–Crippen LogP) is -9.01. The van der Waals surface area contributed by atoms with Crippen LogP contribution in [0.15, 0.2) is 0 Å². The second kappa shape index (κ2) is 10.1. The van der Waals surface area contributed by atoms with Gasteiger partial charge in [0.05, 0.1) is 0 Å². The van der Waals surface area contributed by atoms with Crippen LogP contribution >= 0.6 is 0 Å². The normalized spacial score (nSPS) is 10.0. The second-order valence-corrected chi connectivity index (χ2v) is 3.15. The zero-order valence-corrected chi connectivity index (χ0v) is 10.6. The first-order valence-corrected chi connectivity index (χ1v) is 5.02. The Bertz CT molecular complexity index is 58.0. The molecule has 8 nitrogen and oxygen atoms in total. The van der Waals surface area contributed by atoms with Crippen molar-refractivity contribution >= 4 is 18.1 Å². The first-order chi connectivity index (χ1) is 4.00. The molecule has 0 aromatic heterocycles. The van der Waals surface area contributed by atoms with Gasteiger partial charge in [0, 0.05) is 0 Å². The summed E-state index contributed by atoms with van der Waals surface area (Å²) in [6, 6.07) is 0. The van der Waals surface area contributed by atoms with Crippen LogP contribution in [0.3, 0.4) is 0 Å². The molecule has 0 aromatic carbocycles. The summed E-state index contributed by atoms with van der Waals surface area (Å²) in [4.78, 5) is 66.1. The van der Waals surface area contributed by atoms with Gasteiger partial charge < -0.3 is 47.4 Å². The standard InChI is InChI=1S/2Er.H2O4Si.O4Si/c;;2*1-5(2,3)4/h;;1-2H;/q2*+3;-2;-4. The molecule has 82 valence electrons. The summed E-state index contributed by atoms with van der Waals surface area (Å²) in [5, 5.41) is 0. The van der Waals surface area contributed by atoms with Crippen LogP contribution in [0.25, 0.3) is 0 Å². The molecule has 0 amide bonds. The van der Waals surface area contributed by atoms with E-state index in [1.807, 2.05) is 0 Å². The molecule has 0 unspecified atom stereocenters. The first kappa shape index (κ1) is 24.0. The quantitative estimate of drug-likeness (QED) is 0.296. The van der Waals surface area contributed by atoms with Crippen LogP contribution in [0.2, 0.25) is 0 Å². The molecule has 0 atom stereocenters. The molecule has 0 aromatic rings. The van der Waals surface area contributed by atoms with Crippen LogP contribution < -0.4 is 28.8 Å². The monoisotopic (exact) mass is 518 g/mol. The summed E-state index contributed by atoms with van der Waals surface area (Å²) in [7, 11) is -10.7. The van der Waals surface area contributed by atoms with E-state index in [0.717, 1.165) is 0 Å². The summed E-state index contributed by atoms with van der Waals surface area (Å²) < 4.78 is 0. The van der Waals surface area contributed by atoms with Gasteiger partial charge in [-0.2, -0.15) is 0 Å². The molecule has 0 rings (SSSR count). The molecule has 0 bridgehead atoms. The third kappa shape index (κ3) is 250. The van der Waals surface area contributed by atoms with Gasteiger partial charge in [-0.3, -0.25) is 0 Å². The Kier molecular flexibility index (Phi) is 20.3. The molecule has 0 spiro atoms. The van der Waals surface area contributed by atoms with E-state index in [4.69, 9.17) is 38.4 Å². The van der Waals surface area contributed by atoms with Crippen LogP contribution in [-0.2, 0) is 0 Å². The van der Waals surface area contributed by atoms with E-state index >= 15 is 0 Å². The number of hydrogen-bond donors (Lipinski definition) is 2. The molecule has 0 aliphatic rings. The van der Waals surface area contributed by atoms with Crippen LogP contribution in [-0.4, -0.2) is 27.7 Å². The molecule has 12 heavy (non-hydrogen) atoms. The van der Waals surface area contributed by atoms with Gasteiger partial charge in [0.1, 0.15) is 9.05 Å². The summed E-state index contributed by atoms with van der Waals surface area (Å²) in [6.07, 6.45) is 0. The summed E-state index contributed by atoms with van der Waals surface area (Å²) in [5.74, 6) is 0. The van der Waals surface area contributed by atoms with Gasteiger partial charge >= 0.3 is 74.6 Å². The fourth-order valence-electron chi connectivity index (χ4n) is 0. The first-order valence-electron chi connectivity index (χ1n) is 1.67. The van der Waals surface area contributed by atoms with Crippen molar-refractivity contribution in [1.82, 2.24) is 0 Å². The van der Waals surface area contributed by atoms with Gasteiger partial charge in [0.2, 0.25) is 0 Å². The number of rotatable bonds is 0. The van der Waals surface area contributed by atoms with E-state index in [-0.39, 0.29) is 74.6 Å². The zero-order chi connectivity index (χ0) is 9.00. The molecule has 0 aliphatic carbocycles. The van der Waals surface area contributed by atoms with Crippen molar-refractivity contribution in [3.8, 4) is 0 Å². The van der Waals surface area contributed by atoms with Gasteiger partial charge in [-0.15, -0.1) is 0 Å². The van der Waals surface area contributed by atoms with Crippen LogP contribution in [0.1, 0.15) is 0 Å². The average molecular weight is 521 g/mol. The summed E-state index contributed by atoms with van der Waals surface area (Å²) >= 11 is 0. The van der Waals surface area contributed by atoms with Crippen molar-refractivity contribution in [3.63, 3.8) is 0 Å². The maximum atomic E-state index is 8.80. The van der Waals surface area contributed by atoms with Gasteiger partial charge in [0.25, 0.3) is 0 Å². The minimum atomic E-state index is -5.61. The van der Waals surface area contributed by atoms with Crippen molar-refractivity contribution in [2.75, 3.05) is 0 Å². The van der Waals surface area contributed by atoms with Crippen molar-refractivity contribution in [1.29, 1.82) is 0 Å². The fraction of sp³-hybridized carbons (Fsp3) is 0. The van der Waals surface area contributed by atoms with Gasteiger partial charge in [-0.1, -0.05) is 0 Å². The smallest absolute Gasteiger partial charge is 0.894 e. The van der Waals surface area contributed by atoms with Gasteiger partial charge in [0.15, 0.2) is 0 Å². The van der Waals surface area contributed by atoms with E-state index in [9.17, 15) is 0 Å². The SMILES string of the molecule is [Er+3].[Er+3].[O-][Si]([O-])(O)O.[O-][Si]([O-])([O-])[O-]. The Labute approximate surface area is 129 Å². The van der Waals surface area contributed by atoms with Crippen molar-refractivity contribution in [2.24, 2.45) is 0 Å². The van der Waals surface area contributed by atoms with E-state index in [2.05, 4.69) is 0 Å². The largest absolute Gasteiger partial charge is 3.00 e. The van der Waals surface area contributed by atoms with Gasteiger partial charge in [-0.25, -0.2) is 0 Å². The third-order valence-electron chi connectivity index (χ3n) is 0. The second-order valence-electron chi connectivity index (χ2n) is 1.05. The number of hydrogen-bond acceptors (Lipinski definition) is 8. The maximum absolute atomic E-state index is 8.80. The summed E-state index contributed by atoms with van der Waals surface area (Å²) in [5.41, 5.74) is 0. The van der Waals surface area contributed by atoms with Crippen LogP contribution in [0.5, 0.6) is 0 Å². The molecular weight excluding hydrogens is 519 g/mol. The topological polar surface area (TPSA) is 179 Å². The Hall–Kier alpha value is 2.61. The molecule has 0 saturated heterocycles. The Balaban J connectivity index is -0.0000000457. The molecule has 2 radical (unpaired) electrons. The maximum Gasteiger partial charge on any atom is 3.00 e. The Morgan fingerprint density at radius 3 is 0.667 bits per heavy atom. The van der Waals surface area contributed by atoms with Crippen molar-refractivity contribution in [3.05, 3.63) is 0 Å². The molecule has 2 N–H and O–H groups in total. The van der Waals surface area contributed by atoms with E-state index in [1.165, 1.54) is 0 Å². The van der Waals surface area contributed by atoms with Gasteiger partial charge in [-0.05, 0) is 0 Å². The molecular formula is H2Er2O8Si2. The fourth-order valence-corrected chi connectivity index (χ4v) is 0. The minimum Gasteiger partial charge on any atom is -0.894 e. The Morgan fingerprint density at radius 2 is 0.667 bits per heavy atom. The molecule has 12 heteroatoms. The van der Waals surface area contributed by atoms with E-state index in [1.54, 1.807) is 0 Å². The van der Waals surface area contributed by atoms with Crippen molar-refractivity contribution in [2.45, 2.75) is 0 Å². The third-order valence-corrected chi connectivity index (χ3v) is 0. The van der Waals surface area contributed by atoms with E-state index < -0.39 is 18.1 Å². The molecule has 0 saturated carbocycles. The predicted molar refractivity (Wildman–Crippen MR) is 15.9 cm³/mol. The summed E-state index contributed by atoms with van der Waals surface area (Å²) in [6.45, 7) is 0. The van der Waals surface area contributed by atoms with E-state index in [0.29, 0.717) is 0 Å². The molecule has 0 fully saturated rings. The zero-order valence-electron chi connectivity index (χ0n) is 4.92.